The minimum absolute atomic E-state index is 0.0163. The zero-order chi connectivity index (χ0) is 17.1. The van der Waals surface area contributed by atoms with Crippen molar-refractivity contribution in [2.24, 2.45) is 5.92 Å². The van der Waals surface area contributed by atoms with Crippen LogP contribution in [0.4, 0.5) is 0 Å². The van der Waals surface area contributed by atoms with Gasteiger partial charge in [-0.25, -0.2) is 0 Å². The maximum atomic E-state index is 12.4. The topological polar surface area (TPSA) is 91.0 Å². The van der Waals surface area contributed by atoms with Gasteiger partial charge in [0.25, 0.3) is 0 Å². The standard InChI is InChI=1S/C17H21N5O2/c1-11-15(12(2)21-20-11)8-19-17(24)14-7-16(23)22(10-14)9-13-3-5-18-6-4-13/h3-6,14H,7-10H2,1-2H3,(H,19,24)(H,20,21)/t14-/m1/s1. The van der Waals surface area contributed by atoms with Crippen molar-refractivity contribution in [3.05, 3.63) is 47.0 Å². The predicted octanol–water partition coefficient (Wildman–Crippen LogP) is 1.09. The van der Waals surface area contributed by atoms with E-state index in [1.54, 1.807) is 17.3 Å². The molecule has 2 aromatic heterocycles. The molecular weight excluding hydrogens is 306 g/mol. The molecule has 7 heteroatoms. The van der Waals surface area contributed by atoms with Crippen molar-refractivity contribution in [3.8, 4) is 0 Å². The minimum Gasteiger partial charge on any atom is -0.352 e. The Morgan fingerprint density at radius 2 is 2.12 bits per heavy atom. The summed E-state index contributed by atoms with van der Waals surface area (Å²) in [4.78, 5) is 30.2. The van der Waals surface area contributed by atoms with Crippen LogP contribution in [0.15, 0.2) is 24.5 Å². The van der Waals surface area contributed by atoms with Gasteiger partial charge in [-0.3, -0.25) is 19.7 Å². The van der Waals surface area contributed by atoms with Gasteiger partial charge in [-0.15, -0.1) is 0 Å². The zero-order valence-electron chi connectivity index (χ0n) is 13.9. The first-order valence-corrected chi connectivity index (χ1v) is 7.99. The number of hydrogen-bond acceptors (Lipinski definition) is 4. The number of carbonyl (C=O) groups excluding carboxylic acids is 2. The number of rotatable bonds is 5. The number of carbonyl (C=O) groups is 2. The highest BCUT2D eigenvalue weighted by molar-refractivity contribution is 5.89. The number of pyridine rings is 1. The Morgan fingerprint density at radius 1 is 1.38 bits per heavy atom. The maximum absolute atomic E-state index is 12.4. The van der Waals surface area contributed by atoms with Crippen molar-refractivity contribution in [2.75, 3.05) is 6.54 Å². The van der Waals surface area contributed by atoms with E-state index in [1.165, 1.54) is 0 Å². The van der Waals surface area contributed by atoms with Gasteiger partial charge in [-0.2, -0.15) is 5.10 Å². The molecule has 0 bridgehead atoms. The summed E-state index contributed by atoms with van der Waals surface area (Å²) in [6, 6.07) is 3.76. The molecule has 7 nitrogen and oxygen atoms in total. The number of nitrogens with zero attached hydrogens (tertiary/aromatic N) is 3. The van der Waals surface area contributed by atoms with Crippen LogP contribution < -0.4 is 5.32 Å². The van der Waals surface area contributed by atoms with E-state index in [0.29, 0.717) is 19.6 Å². The molecule has 2 aromatic rings. The number of H-pyrrole nitrogens is 1. The van der Waals surface area contributed by atoms with Crippen LogP contribution in [0.2, 0.25) is 0 Å². The molecule has 0 spiro atoms. The second-order valence-corrected chi connectivity index (χ2v) is 6.16. The second kappa shape index (κ2) is 6.82. The van der Waals surface area contributed by atoms with Crippen LogP contribution in [0.1, 0.15) is 28.9 Å². The van der Waals surface area contributed by atoms with Gasteiger partial charge in [-0.05, 0) is 31.5 Å². The van der Waals surface area contributed by atoms with Crippen LogP contribution in [-0.2, 0) is 22.7 Å². The quantitative estimate of drug-likeness (QED) is 0.860. The molecule has 0 unspecified atom stereocenters. The largest absolute Gasteiger partial charge is 0.352 e. The summed E-state index contributed by atoms with van der Waals surface area (Å²) in [6.07, 6.45) is 3.67. The van der Waals surface area contributed by atoms with Crippen molar-refractivity contribution in [3.63, 3.8) is 0 Å². The summed E-state index contributed by atoms with van der Waals surface area (Å²) in [7, 11) is 0. The number of nitrogens with one attached hydrogen (secondary N) is 2. The lowest BCUT2D eigenvalue weighted by atomic mass is 10.1. The first kappa shape index (κ1) is 16.2. The Labute approximate surface area is 140 Å². The first-order chi connectivity index (χ1) is 11.5. The van der Waals surface area contributed by atoms with E-state index in [9.17, 15) is 9.59 Å². The average molecular weight is 327 g/mol. The molecule has 3 rings (SSSR count). The van der Waals surface area contributed by atoms with Crippen molar-refractivity contribution < 1.29 is 9.59 Å². The number of aryl methyl sites for hydroxylation is 2. The van der Waals surface area contributed by atoms with Gasteiger partial charge in [-0.1, -0.05) is 0 Å². The highest BCUT2D eigenvalue weighted by Crippen LogP contribution is 2.20. The van der Waals surface area contributed by atoms with Crippen molar-refractivity contribution >= 4 is 11.8 Å². The number of aromatic nitrogens is 3. The van der Waals surface area contributed by atoms with E-state index in [1.807, 2.05) is 26.0 Å². The molecule has 0 aliphatic carbocycles. The molecule has 1 atom stereocenters. The Bertz CT molecular complexity index is 721. The van der Waals surface area contributed by atoms with Crippen LogP contribution in [0.25, 0.3) is 0 Å². The number of hydrogen-bond donors (Lipinski definition) is 2. The molecule has 0 radical (unpaired) electrons. The molecular formula is C17H21N5O2. The third kappa shape index (κ3) is 3.45. The van der Waals surface area contributed by atoms with Gasteiger partial charge in [0.2, 0.25) is 11.8 Å². The summed E-state index contributed by atoms with van der Waals surface area (Å²) >= 11 is 0. The fourth-order valence-corrected chi connectivity index (χ4v) is 2.96. The van der Waals surface area contributed by atoms with Gasteiger partial charge in [0.05, 0.1) is 11.6 Å². The lowest BCUT2D eigenvalue weighted by molar-refractivity contribution is -0.129. The number of aromatic amines is 1. The maximum Gasteiger partial charge on any atom is 0.225 e. The van der Waals surface area contributed by atoms with Gasteiger partial charge < -0.3 is 10.2 Å². The Balaban J connectivity index is 1.56. The molecule has 126 valence electrons. The molecule has 1 aliphatic heterocycles. The van der Waals surface area contributed by atoms with Gasteiger partial charge in [0.1, 0.15) is 0 Å². The van der Waals surface area contributed by atoms with Crippen LogP contribution >= 0.6 is 0 Å². The molecule has 2 amide bonds. The predicted molar refractivity (Wildman–Crippen MR) is 87.7 cm³/mol. The molecule has 0 aromatic carbocycles. The lowest BCUT2D eigenvalue weighted by Gasteiger charge is -2.16. The highest BCUT2D eigenvalue weighted by Gasteiger charge is 2.34. The Kier molecular flexibility index (Phi) is 4.59. The summed E-state index contributed by atoms with van der Waals surface area (Å²) < 4.78 is 0. The van der Waals surface area contributed by atoms with Crippen LogP contribution in [-0.4, -0.2) is 38.4 Å². The smallest absolute Gasteiger partial charge is 0.225 e. The summed E-state index contributed by atoms with van der Waals surface area (Å²) in [5, 5.41) is 9.95. The molecule has 2 N–H and O–H groups in total. The first-order valence-electron chi connectivity index (χ1n) is 7.99. The normalized spacial score (nSPS) is 17.3. The summed E-state index contributed by atoms with van der Waals surface area (Å²) in [5.74, 6) is -0.366. The minimum atomic E-state index is -0.299. The van der Waals surface area contributed by atoms with Crippen LogP contribution in [0, 0.1) is 19.8 Å². The van der Waals surface area contributed by atoms with E-state index in [0.717, 1.165) is 22.5 Å². The summed E-state index contributed by atoms with van der Waals surface area (Å²) in [5.41, 5.74) is 3.86. The highest BCUT2D eigenvalue weighted by atomic mass is 16.2. The molecule has 0 saturated carbocycles. The van der Waals surface area contributed by atoms with E-state index in [2.05, 4.69) is 20.5 Å². The third-order valence-electron chi connectivity index (χ3n) is 4.43. The van der Waals surface area contributed by atoms with Gasteiger partial charge in [0.15, 0.2) is 0 Å². The van der Waals surface area contributed by atoms with Crippen LogP contribution in [0.3, 0.4) is 0 Å². The molecule has 1 fully saturated rings. The van der Waals surface area contributed by atoms with Gasteiger partial charge >= 0.3 is 0 Å². The zero-order valence-corrected chi connectivity index (χ0v) is 13.9. The lowest BCUT2D eigenvalue weighted by Crippen LogP contribution is -2.32. The van der Waals surface area contributed by atoms with Crippen molar-refractivity contribution in [1.29, 1.82) is 0 Å². The molecule has 24 heavy (non-hydrogen) atoms. The van der Waals surface area contributed by atoms with Crippen LogP contribution in [0.5, 0.6) is 0 Å². The Morgan fingerprint density at radius 3 is 2.79 bits per heavy atom. The second-order valence-electron chi connectivity index (χ2n) is 6.16. The van der Waals surface area contributed by atoms with E-state index in [4.69, 9.17) is 0 Å². The SMILES string of the molecule is Cc1n[nH]c(C)c1CNC(=O)[C@@H]1CC(=O)N(Cc2ccncc2)C1. The van der Waals surface area contributed by atoms with E-state index in [-0.39, 0.29) is 24.2 Å². The Hall–Kier alpha value is -2.70. The fraction of sp³-hybridized carbons (Fsp3) is 0.412. The van der Waals surface area contributed by atoms with Crippen molar-refractivity contribution in [2.45, 2.75) is 33.4 Å². The van der Waals surface area contributed by atoms with Crippen molar-refractivity contribution in [1.82, 2.24) is 25.4 Å². The number of likely N-dealkylation sites (tertiary alicyclic amines) is 1. The molecule has 3 heterocycles. The molecule has 1 saturated heterocycles. The monoisotopic (exact) mass is 327 g/mol. The fourth-order valence-electron chi connectivity index (χ4n) is 2.96. The molecule has 1 aliphatic rings. The van der Waals surface area contributed by atoms with Gasteiger partial charge in [0, 0.05) is 49.7 Å². The third-order valence-corrected chi connectivity index (χ3v) is 4.43. The average Bonchev–Trinajstić information content (AvgIpc) is 3.09. The number of amides is 2. The van der Waals surface area contributed by atoms with E-state index >= 15 is 0 Å². The summed E-state index contributed by atoms with van der Waals surface area (Å²) in [6.45, 7) is 5.24. The van der Waals surface area contributed by atoms with E-state index < -0.39 is 0 Å².